The quantitative estimate of drug-likeness (QED) is 0.841. The van der Waals surface area contributed by atoms with Crippen molar-refractivity contribution < 1.29 is 14.3 Å². The fourth-order valence-electron chi connectivity index (χ4n) is 2.30. The number of rotatable bonds is 7. The van der Waals surface area contributed by atoms with Gasteiger partial charge in [0.25, 0.3) is 5.91 Å². The predicted molar refractivity (Wildman–Crippen MR) is 93.1 cm³/mol. The molecule has 0 fully saturated rings. The van der Waals surface area contributed by atoms with E-state index in [-0.39, 0.29) is 5.91 Å². The Bertz CT molecular complexity index is 702. The molecule has 0 spiro atoms. The lowest BCUT2D eigenvalue weighted by Gasteiger charge is -2.19. The molecule has 0 atom stereocenters. The summed E-state index contributed by atoms with van der Waals surface area (Å²) in [5, 5.41) is 2.80. The van der Waals surface area contributed by atoms with Crippen LogP contribution >= 0.6 is 0 Å². The van der Waals surface area contributed by atoms with Gasteiger partial charge in [-0.2, -0.15) is 0 Å². The fourth-order valence-corrected chi connectivity index (χ4v) is 2.30. The normalized spacial score (nSPS) is 10.2. The third-order valence-electron chi connectivity index (χ3n) is 3.61. The highest BCUT2D eigenvalue weighted by atomic mass is 16.5. The zero-order chi connectivity index (χ0) is 17.5. The molecule has 2 aromatic rings. The van der Waals surface area contributed by atoms with E-state index in [2.05, 4.69) is 20.2 Å². The molecule has 0 radical (unpaired) electrons. The predicted octanol–water partition coefficient (Wildman–Crippen LogP) is 2.59. The molecule has 0 aliphatic rings. The van der Waals surface area contributed by atoms with Crippen LogP contribution in [0.25, 0.3) is 0 Å². The van der Waals surface area contributed by atoms with Crippen molar-refractivity contribution in [3.63, 3.8) is 0 Å². The summed E-state index contributed by atoms with van der Waals surface area (Å²) in [7, 11) is 3.11. The molecular weight excluding hydrogens is 308 g/mol. The molecule has 0 aliphatic heterocycles. The molecule has 24 heavy (non-hydrogen) atoms. The maximum Gasteiger partial charge on any atom is 0.274 e. The topological polar surface area (TPSA) is 76.6 Å². The first-order chi connectivity index (χ1) is 11.6. The van der Waals surface area contributed by atoms with Gasteiger partial charge in [0.2, 0.25) is 0 Å². The van der Waals surface area contributed by atoms with Crippen molar-refractivity contribution in [1.29, 1.82) is 0 Å². The van der Waals surface area contributed by atoms with Gasteiger partial charge < -0.3 is 19.7 Å². The van der Waals surface area contributed by atoms with Gasteiger partial charge in [0, 0.05) is 30.9 Å². The maximum atomic E-state index is 12.4. The molecule has 1 aromatic heterocycles. The smallest absolute Gasteiger partial charge is 0.274 e. The highest BCUT2D eigenvalue weighted by Crippen LogP contribution is 2.29. The van der Waals surface area contributed by atoms with E-state index in [0.717, 1.165) is 18.9 Å². The maximum absolute atomic E-state index is 12.4. The first-order valence-corrected chi connectivity index (χ1v) is 7.73. The Morgan fingerprint density at radius 1 is 1.08 bits per heavy atom. The lowest BCUT2D eigenvalue weighted by atomic mass is 10.2. The lowest BCUT2D eigenvalue weighted by Crippen LogP contribution is -2.24. The zero-order valence-corrected chi connectivity index (χ0v) is 14.4. The Labute approximate surface area is 141 Å². The van der Waals surface area contributed by atoms with E-state index in [1.807, 2.05) is 13.8 Å². The molecule has 0 bridgehead atoms. The number of carbonyl (C=O) groups excluding carboxylic acids is 1. The van der Waals surface area contributed by atoms with Crippen molar-refractivity contribution in [1.82, 2.24) is 9.97 Å². The van der Waals surface area contributed by atoms with Crippen molar-refractivity contribution in [3.05, 3.63) is 36.3 Å². The van der Waals surface area contributed by atoms with E-state index < -0.39 is 0 Å². The van der Waals surface area contributed by atoms with Crippen LogP contribution in [0.15, 0.2) is 30.6 Å². The van der Waals surface area contributed by atoms with Crippen molar-refractivity contribution >= 4 is 17.4 Å². The average molecular weight is 330 g/mol. The summed E-state index contributed by atoms with van der Waals surface area (Å²) in [5.41, 5.74) is 0.905. The fraction of sp³-hybridized carbons (Fsp3) is 0.353. The summed E-state index contributed by atoms with van der Waals surface area (Å²) < 4.78 is 10.4. The van der Waals surface area contributed by atoms with E-state index in [0.29, 0.717) is 22.9 Å². The second kappa shape index (κ2) is 8.14. The SMILES string of the molecule is CCN(CC)c1cc(C(=O)Nc2ccc(OC)c(OC)c2)ncn1. The van der Waals surface area contributed by atoms with Crippen molar-refractivity contribution in [2.24, 2.45) is 0 Å². The van der Waals surface area contributed by atoms with Gasteiger partial charge in [0.1, 0.15) is 17.8 Å². The number of nitrogens with zero attached hydrogens (tertiary/aromatic N) is 3. The minimum atomic E-state index is -0.307. The number of hydrogen-bond acceptors (Lipinski definition) is 6. The number of amides is 1. The van der Waals surface area contributed by atoms with Gasteiger partial charge >= 0.3 is 0 Å². The lowest BCUT2D eigenvalue weighted by molar-refractivity contribution is 0.102. The second-order valence-electron chi connectivity index (χ2n) is 4.96. The third-order valence-corrected chi connectivity index (χ3v) is 3.61. The molecule has 128 valence electrons. The van der Waals surface area contributed by atoms with E-state index in [9.17, 15) is 4.79 Å². The van der Waals surface area contributed by atoms with Gasteiger partial charge in [-0.1, -0.05) is 0 Å². The molecule has 1 heterocycles. The second-order valence-corrected chi connectivity index (χ2v) is 4.96. The first kappa shape index (κ1) is 17.5. The summed E-state index contributed by atoms with van der Waals surface area (Å²) in [6.07, 6.45) is 1.40. The summed E-state index contributed by atoms with van der Waals surface area (Å²) in [5.74, 6) is 1.56. The van der Waals surface area contributed by atoms with E-state index in [1.165, 1.54) is 6.33 Å². The number of methoxy groups -OCH3 is 2. The standard InChI is InChI=1S/C17H22N4O3/c1-5-21(6-2)16-10-13(18-11-19-16)17(22)20-12-7-8-14(23-3)15(9-12)24-4/h7-11H,5-6H2,1-4H3,(H,20,22). The molecule has 0 unspecified atom stereocenters. The van der Waals surface area contributed by atoms with E-state index in [1.54, 1.807) is 38.5 Å². The first-order valence-electron chi connectivity index (χ1n) is 7.73. The largest absolute Gasteiger partial charge is 0.493 e. The molecule has 0 saturated carbocycles. The van der Waals surface area contributed by atoms with Crippen LogP contribution < -0.4 is 19.7 Å². The van der Waals surface area contributed by atoms with E-state index >= 15 is 0 Å². The summed E-state index contributed by atoms with van der Waals surface area (Å²) in [4.78, 5) is 22.8. The Morgan fingerprint density at radius 2 is 1.79 bits per heavy atom. The minimum Gasteiger partial charge on any atom is -0.493 e. The molecular formula is C17H22N4O3. The number of anilines is 2. The molecule has 1 N–H and O–H groups in total. The molecule has 1 amide bonds. The monoisotopic (exact) mass is 330 g/mol. The molecule has 7 nitrogen and oxygen atoms in total. The van der Waals surface area contributed by atoms with Crippen molar-refractivity contribution in [3.8, 4) is 11.5 Å². The van der Waals surface area contributed by atoms with Crippen molar-refractivity contribution in [2.45, 2.75) is 13.8 Å². The van der Waals surface area contributed by atoms with Gasteiger partial charge in [0.05, 0.1) is 14.2 Å². The van der Waals surface area contributed by atoms with Gasteiger partial charge in [0.15, 0.2) is 11.5 Å². The van der Waals surface area contributed by atoms with Crippen LogP contribution in [0.2, 0.25) is 0 Å². The highest BCUT2D eigenvalue weighted by molar-refractivity contribution is 6.03. The van der Waals surface area contributed by atoms with Gasteiger partial charge in [-0.15, -0.1) is 0 Å². The van der Waals surface area contributed by atoms with Gasteiger partial charge in [-0.25, -0.2) is 9.97 Å². The zero-order valence-electron chi connectivity index (χ0n) is 14.4. The molecule has 2 rings (SSSR count). The Hall–Kier alpha value is -2.83. The van der Waals surface area contributed by atoms with Crippen LogP contribution in [0.1, 0.15) is 24.3 Å². The number of benzene rings is 1. The van der Waals surface area contributed by atoms with Crippen LogP contribution in [0.4, 0.5) is 11.5 Å². The number of ether oxygens (including phenoxy) is 2. The van der Waals surface area contributed by atoms with Crippen LogP contribution in [0.3, 0.4) is 0 Å². The minimum absolute atomic E-state index is 0.307. The number of aromatic nitrogens is 2. The Morgan fingerprint density at radius 3 is 2.42 bits per heavy atom. The summed E-state index contributed by atoms with van der Waals surface area (Å²) in [6, 6.07) is 6.85. The Kier molecular flexibility index (Phi) is 5.95. The number of nitrogens with one attached hydrogen (secondary N) is 1. The molecule has 7 heteroatoms. The molecule has 0 saturated heterocycles. The Balaban J connectivity index is 2.19. The summed E-state index contributed by atoms with van der Waals surface area (Å²) >= 11 is 0. The highest BCUT2D eigenvalue weighted by Gasteiger charge is 2.13. The molecule has 1 aromatic carbocycles. The van der Waals surface area contributed by atoms with Crippen molar-refractivity contribution in [2.75, 3.05) is 37.5 Å². The van der Waals surface area contributed by atoms with Crippen LogP contribution in [-0.4, -0.2) is 43.2 Å². The van der Waals surface area contributed by atoms with E-state index in [4.69, 9.17) is 9.47 Å². The van der Waals surface area contributed by atoms with Crippen LogP contribution in [0.5, 0.6) is 11.5 Å². The van der Waals surface area contributed by atoms with Crippen LogP contribution in [-0.2, 0) is 0 Å². The number of carbonyl (C=O) groups is 1. The van der Waals surface area contributed by atoms with Crippen LogP contribution in [0, 0.1) is 0 Å². The van der Waals surface area contributed by atoms with Gasteiger partial charge in [-0.3, -0.25) is 4.79 Å². The average Bonchev–Trinajstić information content (AvgIpc) is 2.63. The number of hydrogen-bond donors (Lipinski definition) is 1. The van der Waals surface area contributed by atoms with Gasteiger partial charge in [-0.05, 0) is 26.0 Å². The summed E-state index contributed by atoms with van der Waals surface area (Å²) in [6.45, 7) is 5.69. The molecule has 0 aliphatic carbocycles. The third kappa shape index (κ3) is 3.92.